The number of rotatable bonds is 7. The fourth-order valence-electron chi connectivity index (χ4n) is 1.91. The zero-order valence-electron chi connectivity index (χ0n) is 12.6. The smallest absolute Gasteiger partial charge is 0.121 e. The van der Waals surface area contributed by atoms with Gasteiger partial charge in [-0.15, -0.1) is 0 Å². The second-order valence-electron chi connectivity index (χ2n) is 5.54. The van der Waals surface area contributed by atoms with Gasteiger partial charge < -0.3 is 10.1 Å². The van der Waals surface area contributed by atoms with Crippen molar-refractivity contribution in [1.82, 2.24) is 0 Å². The summed E-state index contributed by atoms with van der Waals surface area (Å²) in [5.41, 5.74) is 2.26. The molecule has 0 aliphatic rings. The molecule has 0 fully saturated rings. The van der Waals surface area contributed by atoms with E-state index in [9.17, 15) is 0 Å². The van der Waals surface area contributed by atoms with Gasteiger partial charge in [0.15, 0.2) is 0 Å². The maximum absolute atomic E-state index is 5.88. The predicted octanol–water partition coefficient (Wildman–Crippen LogP) is 5.38. The van der Waals surface area contributed by atoms with Crippen LogP contribution in [0.1, 0.15) is 25.8 Å². The highest BCUT2D eigenvalue weighted by atomic mass is 35.5. The van der Waals surface area contributed by atoms with E-state index in [4.69, 9.17) is 16.3 Å². The summed E-state index contributed by atoms with van der Waals surface area (Å²) in [6.45, 7) is 5.94. The molecule has 0 heterocycles. The van der Waals surface area contributed by atoms with Gasteiger partial charge in [0, 0.05) is 23.3 Å². The van der Waals surface area contributed by atoms with Crippen LogP contribution in [0.25, 0.3) is 0 Å². The Morgan fingerprint density at radius 3 is 2.57 bits per heavy atom. The van der Waals surface area contributed by atoms with Crippen LogP contribution in [0.2, 0.25) is 5.02 Å². The molecule has 0 bridgehead atoms. The van der Waals surface area contributed by atoms with E-state index in [0.29, 0.717) is 5.92 Å². The molecule has 2 aromatic rings. The van der Waals surface area contributed by atoms with Crippen molar-refractivity contribution in [2.24, 2.45) is 5.92 Å². The molecule has 3 heteroatoms. The lowest BCUT2D eigenvalue weighted by atomic mass is 10.1. The second-order valence-corrected chi connectivity index (χ2v) is 5.98. The Morgan fingerprint density at radius 2 is 1.86 bits per heavy atom. The van der Waals surface area contributed by atoms with Crippen LogP contribution < -0.4 is 10.1 Å². The zero-order chi connectivity index (χ0) is 15.1. The molecule has 0 aliphatic heterocycles. The average molecular weight is 304 g/mol. The molecule has 112 valence electrons. The molecule has 2 nitrogen and oxygen atoms in total. The van der Waals surface area contributed by atoms with Crippen molar-refractivity contribution in [3.63, 3.8) is 0 Å². The van der Waals surface area contributed by atoms with Gasteiger partial charge in [0.25, 0.3) is 0 Å². The first-order chi connectivity index (χ1) is 10.1. The van der Waals surface area contributed by atoms with Gasteiger partial charge in [-0.1, -0.05) is 43.6 Å². The first-order valence-corrected chi connectivity index (χ1v) is 7.72. The summed E-state index contributed by atoms with van der Waals surface area (Å²) in [5, 5.41) is 4.16. The molecule has 2 aromatic carbocycles. The van der Waals surface area contributed by atoms with Gasteiger partial charge in [-0.3, -0.25) is 0 Å². The molecule has 0 aliphatic carbocycles. The van der Waals surface area contributed by atoms with Crippen LogP contribution in [-0.4, -0.2) is 6.61 Å². The quantitative estimate of drug-likeness (QED) is 0.741. The molecule has 0 unspecified atom stereocenters. The van der Waals surface area contributed by atoms with Gasteiger partial charge in [-0.2, -0.15) is 0 Å². The van der Waals surface area contributed by atoms with E-state index in [1.165, 1.54) is 5.56 Å². The lowest BCUT2D eigenvalue weighted by Crippen LogP contribution is -2.02. The number of halogens is 1. The Balaban J connectivity index is 1.87. The largest absolute Gasteiger partial charge is 0.494 e. The summed E-state index contributed by atoms with van der Waals surface area (Å²) in [7, 11) is 0. The van der Waals surface area contributed by atoms with Gasteiger partial charge in [0.2, 0.25) is 0 Å². The molecule has 1 N–H and O–H groups in total. The van der Waals surface area contributed by atoms with Crippen LogP contribution in [0, 0.1) is 5.92 Å². The number of ether oxygens (including phenoxy) is 1. The molecule has 0 radical (unpaired) electrons. The fourth-order valence-corrected chi connectivity index (χ4v) is 2.04. The lowest BCUT2D eigenvalue weighted by molar-refractivity contribution is 0.289. The Morgan fingerprint density at radius 1 is 1.10 bits per heavy atom. The number of nitrogens with one attached hydrogen (secondary N) is 1. The summed E-state index contributed by atoms with van der Waals surface area (Å²) in [4.78, 5) is 0. The van der Waals surface area contributed by atoms with Crippen molar-refractivity contribution in [1.29, 1.82) is 0 Å². The SMILES string of the molecule is CC(C)CCOc1cccc(NCc2ccc(Cl)cc2)c1. The molecule has 0 atom stereocenters. The normalized spacial score (nSPS) is 10.7. The summed E-state index contributed by atoms with van der Waals surface area (Å²) in [6, 6.07) is 16.0. The maximum Gasteiger partial charge on any atom is 0.121 e. The predicted molar refractivity (Wildman–Crippen MR) is 90.2 cm³/mol. The molecule has 0 spiro atoms. The summed E-state index contributed by atoms with van der Waals surface area (Å²) in [5.74, 6) is 1.58. The summed E-state index contributed by atoms with van der Waals surface area (Å²) in [6.07, 6.45) is 1.07. The van der Waals surface area contributed by atoms with Crippen molar-refractivity contribution in [3.05, 3.63) is 59.1 Å². The van der Waals surface area contributed by atoms with E-state index < -0.39 is 0 Å². The average Bonchev–Trinajstić information content (AvgIpc) is 2.47. The van der Waals surface area contributed by atoms with Gasteiger partial charge >= 0.3 is 0 Å². The van der Waals surface area contributed by atoms with Crippen molar-refractivity contribution >= 4 is 17.3 Å². The third kappa shape index (κ3) is 5.68. The summed E-state index contributed by atoms with van der Waals surface area (Å²) >= 11 is 5.88. The highest BCUT2D eigenvalue weighted by Gasteiger charge is 1.99. The third-order valence-corrected chi connectivity index (χ3v) is 3.46. The Hall–Kier alpha value is -1.67. The van der Waals surface area contributed by atoms with Crippen LogP contribution in [0.3, 0.4) is 0 Å². The minimum atomic E-state index is 0.663. The van der Waals surface area contributed by atoms with Gasteiger partial charge in [0.1, 0.15) is 5.75 Å². The highest BCUT2D eigenvalue weighted by molar-refractivity contribution is 6.30. The number of anilines is 1. The van der Waals surface area contributed by atoms with Gasteiger partial charge in [-0.05, 0) is 42.2 Å². The first-order valence-electron chi connectivity index (χ1n) is 7.34. The molecular weight excluding hydrogens is 282 g/mol. The molecular formula is C18H22ClNO. The number of hydrogen-bond donors (Lipinski definition) is 1. The molecule has 21 heavy (non-hydrogen) atoms. The van der Waals surface area contributed by atoms with Crippen LogP contribution in [0.15, 0.2) is 48.5 Å². The van der Waals surface area contributed by atoms with Crippen molar-refractivity contribution in [2.45, 2.75) is 26.8 Å². The van der Waals surface area contributed by atoms with Crippen molar-refractivity contribution in [3.8, 4) is 5.75 Å². The Bertz CT molecular complexity index is 551. The molecule has 0 saturated heterocycles. The van der Waals surface area contributed by atoms with E-state index >= 15 is 0 Å². The van der Waals surface area contributed by atoms with E-state index in [1.807, 2.05) is 48.5 Å². The Labute approximate surface area is 132 Å². The van der Waals surface area contributed by atoms with Crippen LogP contribution in [0.4, 0.5) is 5.69 Å². The van der Waals surface area contributed by atoms with Crippen LogP contribution >= 0.6 is 11.6 Å². The summed E-state index contributed by atoms with van der Waals surface area (Å²) < 4.78 is 5.77. The van der Waals surface area contributed by atoms with E-state index in [0.717, 1.165) is 36.0 Å². The standard InChI is InChI=1S/C18H22ClNO/c1-14(2)10-11-21-18-5-3-4-17(12-18)20-13-15-6-8-16(19)9-7-15/h3-9,12,14,20H,10-11,13H2,1-2H3. The monoisotopic (exact) mass is 303 g/mol. The van der Waals surface area contributed by atoms with Crippen molar-refractivity contribution in [2.75, 3.05) is 11.9 Å². The molecule has 0 saturated carbocycles. The third-order valence-electron chi connectivity index (χ3n) is 3.21. The van der Waals surface area contributed by atoms with Crippen LogP contribution in [0.5, 0.6) is 5.75 Å². The minimum absolute atomic E-state index is 0.663. The topological polar surface area (TPSA) is 21.3 Å². The van der Waals surface area contributed by atoms with Gasteiger partial charge in [-0.25, -0.2) is 0 Å². The molecule has 2 rings (SSSR count). The second kappa shape index (κ2) is 7.94. The maximum atomic E-state index is 5.88. The molecule has 0 aromatic heterocycles. The fraction of sp³-hybridized carbons (Fsp3) is 0.333. The van der Waals surface area contributed by atoms with E-state index in [2.05, 4.69) is 19.2 Å². The number of benzene rings is 2. The highest BCUT2D eigenvalue weighted by Crippen LogP contribution is 2.19. The molecule has 0 amide bonds. The van der Waals surface area contributed by atoms with Crippen LogP contribution in [-0.2, 0) is 6.54 Å². The first kappa shape index (κ1) is 15.7. The van der Waals surface area contributed by atoms with E-state index in [-0.39, 0.29) is 0 Å². The lowest BCUT2D eigenvalue weighted by Gasteiger charge is -2.11. The Kier molecular flexibility index (Phi) is 5.94. The van der Waals surface area contributed by atoms with E-state index in [1.54, 1.807) is 0 Å². The van der Waals surface area contributed by atoms with Crippen molar-refractivity contribution < 1.29 is 4.74 Å². The zero-order valence-corrected chi connectivity index (χ0v) is 13.4. The minimum Gasteiger partial charge on any atom is -0.494 e. The van der Waals surface area contributed by atoms with Gasteiger partial charge in [0.05, 0.1) is 6.61 Å². The number of hydrogen-bond acceptors (Lipinski definition) is 2.